The largest absolute Gasteiger partial charge is 0.368 e. The Hall–Kier alpha value is -1.88. The van der Waals surface area contributed by atoms with Crippen LogP contribution in [0, 0.1) is 5.92 Å². The number of hydrogen-bond donors (Lipinski definition) is 1. The summed E-state index contributed by atoms with van der Waals surface area (Å²) in [5.74, 6) is 0.726. The molecule has 1 heterocycles. The monoisotopic (exact) mass is 330 g/mol. The van der Waals surface area contributed by atoms with Gasteiger partial charge in [0.15, 0.2) is 0 Å². The SMILES string of the molecule is CC(OCC1CC1)C(=O)NC(C)c1cccc(N2CCCC2=O)c1. The predicted octanol–water partition coefficient (Wildman–Crippen LogP) is 2.81. The molecule has 5 heteroatoms. The molecule has 0 bridgehead atoms. The van der Waals surface area contributed by atoms with Gasteiger partial charge in [-0.2, -0.15) is 0 Å². The van der Waals surface area contributed by atoms with Crippen LogP contribution in [-0.2, 0) is 14.3 Å². The van der Waals surface area contributed by atoms with Crippen molar-refractivity contribution in [2.45, 2.75) is 51.7 Å². The highest BCUT2D eigenvalue weighted by Crippen LogP contribution is 2.29. The number of nitrogens with one attached hydrogen (secondary N) is 1. The van der Waals surface area contributed by atoms with E-state index in [1.807, 2.05) is 36.1 Å². The lowest BCUT2D eigenvalue weighted by Gasteiger charge is -2.21. The molecule has 0 spiro atoms. The van der Waals surface area contributed by atoms with E-state index in [0.29, 0.717) is 18.9 Å². The summed E-state index contributed by atoms with van der Waals surface area (Å²) >= 11 is 0. The number of nitrogens with zero attached hydrogens (tertiary/aromatic N) is 1. The molecule has 2 unspecified atom stereocenters. The van der Waals surface area contributed by atoms with E-state index in [0.717, 1.165) is 24.2 Å². The topological polar surface area (TPSA) is 58.6 Å². The summed E-state index contributed by atoms with van der Waals surface area (Å²) < 4.78 is 5.62. The maximum absolute atomic E-state index is 12.3. The van der Waals surface area contributed by atoms with Crippen LogP contribution < -0.4 is 10.2 Å². The van der Waals surface area contributed by atoms with E-state index in [9.17, 15) is 9.59 Å². The van der Waals surface area contributed by atoms with Gasteiger partial charge in [-0.25, -0.2) is 0 Å². The molecule has 2 atom stereocenters. The third kappa shape index (κ3) is 4.15. The number of hydrogen-bond acceptors (Lipinski definition) is 3. The summed E-state index contributed by atoms with van der Waals surface area (Å²) in [6.45, 7) is 5.20. The lowest BCUT2D eigenvalue weighted by atomic mass is 10.1. The quantitative estimate of drug-likeness (QED) is 0.836. The van der Waals surface area contributed by atoms with E-state index in [4.69, 9.17) is 4.74 Å². The lowest BCUT2D eigenvalue weighted by molar-refractivity contribution is -0.132. The van der Waals surface area contributed by atoms with Crippen LogP contribution in [0.2, 0.25) is 0 Å². The van der Waals surface area contributed by atoms with Gasteiger partial charge in [-0.1, -0.05) is 12.1 Å². The lowest BCUT2D eigenvalue weighted by Crippen LogP contribution is -2.36. The van der Waals surface area contributed by atoms with Gasteiger partial charge in [-0.05, 0) is 56.7 Å². The smallest absolute Gasteiger partial charge is 0.249 e. The van der Waals surface area contributed by atoms with Crippen LogP contribution in [0.25, 0.3) is 0 Å². The molecule has 1 aromatic rings. The molecule has 2 fully saturated rings. The van der Waals surface area contributed by atoms with E-state index < -0.39 is 6.10 Å². The number of amides is 2. The van der Waals surface area contributed by atoms with Crippen LogP contribution in [-0.4, -0.2) is 31.1 Å². The molecule has 130 valence electrons. The second kappa shape index (κ2) is 7.34. The van der Waals surface area contributed by atoms with Gasteiger partial charge >= 0.3 is 0 Å². The van der Waals surface area contributed by atoms with E-state index in [1.54, 1.807) is 6.92 Å². The Morgan fingerprint density at radius 2 is 2.17 bits per heavy atom. The maximum Gasteiger partial charge on any atom is 0.249 e. The summed E-state index contributed by atoms with van der Waals surface area (Å²) in [5, 5.41) is 3.00. The summed E-state index contributed by atoms with van der Waals surface area (Å²) in [4.78, 5) is 26.0. The molecule has 1 N–H and O–H groups in total. The van der Waals surface area contributed by atoms with Crippen molar-refractivity contribution in [1.82, 2.24) is 5.32 Å². The molecule has 1 aromatic carbocycles. The standard InChI is InChI=1S/C19H26N2O3/c1-13(20-19(23)14(2)24-12-15-8-9-15)16-5-3-6-17(11-16)21-10-4-7-18(21)22/h3,5-6,11,13-15H,4,7-10,12H2,1-2H3,(H,20,23). The molecular weight excluding hydrogens is 304 g/mol. The number of rotatable bonds is 7. The molecule has 2 amide bonds. The zero-order valence-electron chi connectivity index (χ0n) is 14.5. The first-order chi connectivity index (χ1) is 11.5. The minimum atomic E-state index is -0.434. The van der Waals surface area contributed by atoms with Crippen LogP contribution in [0.4, 0.5) is 5.69 Å². The van der Waals surface area contributed by atoms with Crippen LogP contribution in [0.5, 0.6) is 0 Å². The first-order valence-corrected chi connectivity index (χ1v) is 8.87. The highest BCUT2D eigenvalue weighted by Gasteiger charge is 2.25. The molecule has 1 saturated heterocycles. The van der Waals surface area contributed by atoms with Crippen molar-refractivity contribution in [3.8, 4) is 0 Å². The molecule has 0 aromatic heterocycles. The van der Waals surface area contributed by atoms with Crippen molar-refractivity contribution in [2.75, 3.05) is 18.1 Å². The van der Waals surface area contributed by atoms with E-state index >= 15 is 0 Å². The Morgan fingerprint density at radius 1 is 1.38 bits per heavy atom. The number of ether oxygens (including phenoxy) is 1. The second-order valence-electron chi connectivity index (χ2n) is 6.89. The number of carbonyl (C=O) groups excluding carboxylic acids is 2. The zero-order chi connectivity index (χ0) is 17.1. The minimum Gasteiger partial charge on any atom is -0.368 e. The van der Waals surface area contributed by atoms with Crippen LogP contribution in [0.3, 0.4) is 0 Å². The van der Waals surface area contributed by atoms with E-state index in [-0.39, 0.29) is 17.9 Å². The van der Waals surface area contributed by atoms with Crippen molar-refractivity contribution in [1.29, 1.82) is 0 Å². The molecule has 3 rings (SSSR count). The Labute approximate surface area is 143 Å². The Balaban J connectivity index is 1.58. The maximum atomic E-state index is 12.3. The number of carbonyl (C=O) groups is 2. The predicted molar refractivity (Wildman–Crippen MR) is 92.7 cm³/mol. The van der Waals surface area contributed by atoms with Gasteiger partial charge in [0.25, 0.3) is 0 Å². The van der Waals surface area contributed by atoms with Crippen molar-refractivity contribution in [2.24, 2.45) is 5.92 Å². The van der Waals surface area contributed by atoms with Gasteiger partial charge in [-0.3, -0.25) is 9.59 Å². The van der Waals surface area contributed by atoms with Gasteiger partial charge in [0.1, 0.15) is 6.10 Å². The fourth-order valence-corrected chi connectivity index (χ4v) is 2.94. The normalized spacial score (nSPS) is 20.1. The molecule has 1 aliphatic heterocycles. The van der Waals surface area contributed by atoms with Crippen LogP contribution in [0.15, 0.2) is 24.3 Å². The van der Waals surface area contributed by atoms with Crippen LogP contribution >= 0.6 is 0 Å². The summed E-state index contributed by atoms with van der Waals surface area (Å²) in [6.07, 6.45) is 3.52. The van der Waals surface area contributed by atoms with Crippen LogP contribution in [0.1, 0.15) is 51.1 Å². The molecular formula is C19H26N2O3. The van der Waals surface area contributed by atoms with Crippen molar-refractivity contribution < 1.29 is 14.3 Å². The molecule has 0 radical (unpaired) electrons. The summed E-state index contributed by atoms with van der Waals surface area (Å²) in [7, 11) is 0. The first kappa shape index (κ1) is 17.0. The van der Waals surface area contributed by atoms with E-state index in [2.05, 4.69) is 5.32 Å². The average molecular weight is 330 g/mol. The van der Waals surface area contributed by atoms with Gasteiger partial charge in [-0.15, -0.1) is 0 Å². The second-order valence-corrected chi connectivity index (χ2v) is 6.89. The van der Waals surface area contributed by atoms with Gasteiger partial charge in [0.05, 0.1) is 12.6 Å². The first-order valence-electron chi connectivity index (χ1n) is 8.87. The minimum absolute atomic E-state index is 0.0919. The van der Waals surface area contributed by atoms with Gasteiger partial charge < -0.3 is 15.0 Å². The zero-order valence-corrected chi connectivity index (χ0v) is 14.5. The van der Waals surface area contributed by atoms with Crippen molar-refractivity contribution >= 4 is 17.5 Å². The third-order valence-corrected chi connectivity index (χ3v) is 4.76. The fraction of sp³-hybridized carbons (Fsp3) is 0.579. The summed E-state index contributed by atoms with van der Waals surface area (Å²) in [6, 6.07) is 7.73. The molecule has 1 aliphatic carbocycles. The molecule has 5 nitrogen and oxygen atoms in total. The summed E-state index contributed by atoms with van der Waals surface area (Å²) in [5.41, 5.74) is 1.91. The van der Waals surface area contributed by atoms with E-state index in [1.165, 1.54) is 12.8 Å². The molecule has 24 heavy (non-hydrogen) atoms. The van der Waals surface area contributed by atoms with Crippen molar-refractivity contribution in [3.05, 3.63) is 29.8 Å². The van der Waals surface area contributed by atoms with Gasteiger partial charge in [0, 0.05) is 18.7 Å². The number of anilines is 1. The molecule has 1 saturated carbocycles. The Bertz CT molecular complexity index is 612. The highest BCUT2D eigenvalue weighted by atomic mass is 16.5. The Kier molecular flexibility index (Phi) is 5.19. The Morgan fingerprint density at radius 3 is 2.83 bits per heavy atom. The fourth-order valence-electron chi connectivity index (χ4n) is 2.94. The van der Waals surface area contributed by atoms with Crippen molar-refractivity contribution in [3.63, 3.8) is 0 Å². The number of benzene rings is 1. The van der Waals surface area contributed by atoms with Gasteiger partial charge in [0.2, 0.25) is 11.8 Å². The average Bonchev–Trinajstić information content (AvgIpc) is 3.32. The highest BCUT2D eigenvalue weighted by molar-refractivity contribution is 5.95. The molecule has 2 aliphatic rings. The third-order valence-electron chi connectivity index (χ3n) is 4.76.